The smallest absolute Gasteiger partial charge is 0.0544 e. The van der Waals surface area contributed by atoms with Crippen molar-refractivity contribution in [2.75, 3.05) is 13.1 Å². The summed E-state index contributed by atoms with van der Waals surface area (Å²) in [6, 6.07) is 16.6. The Kier molecular flexibility index (Phi) is 3.68. The molecule has 114 valence electrons. The van der Waals surface area contributed by atoms with Gasteiger partial charge in [-0.15, -0.1) is 0 Å². The number of benzene rings is 1. The Morgan fingerprint density at radius 3 is 2.32 bits per heavy atom. The lowest BCUT2D eigenvalue weighted by molar-refractivity contribution is 0.117. The van der Waals surface area contributed by atoms with Crippen LogP contribution in [-0.2, 0) is 13.1 Å². The van der Waals surface area contributed by atoms with Crippen molar-refractivity contribution in [2.45, 2.75) is 38.5 Å². The molecule has 0 N–H and O–H groups in total. The zero-order chi connectivity index (χ0) is 14.9. The van der Waals surface area contributed by atoms with E-state index < -0.39 is 0 Å². The molecule has 0 amide bonds. The Morgan fingerprint density at radius 1 is 0.955 bits per heavy atom. The van der Waals surface area contributed by atoms with Crippen LogP contribution >= 0.6 is 0 Å². The van der Waals surface area contributed by atoms with Crippen LogP contribution in [0, 0.1) is 6.92 Å². The Bertz CT molecular complexity index is 623. The van der Waals surface area contributed by atoms with Crippen LogP contribution in [0.3, 0.4) is 0 Å². The van der Waals surface area contributed by atoms with Gasteiger partial charge in [-0.1, -0.05) is 35.9 Å². The van der Waals surface area contributed by atoms with Crippen LogP contribution in [0.1, 0.15) is 23.2 Å². The van der Waals surface area contributed by atoms with Gasteiger partial charge in [0.2, 0.25) is 0 Å². The summed E-state index contributed by atoms with van der Waals surface area (Å²) in [4.78, 5) is 9.73. The number of nitrogens with zero attached hydrogens (tertiary/aromatic N) is 3. The van der Waals surface area contributed by atoms with Crippen molar-refractivity contribution in [3.05, 3.63) is 65.5 Å². The number of likely N-dealkylation sites (tertiary alicyclic amines) is 2. The van der Waals surface area contributed by atoms with Gasteiger partial charge in [-0.3, -0.25) is 14.8 Å². The number of piperazine rings is 1. The van der Waals surface area contributed by atoms with Gasteiger partial charge in [0.1, 0.15) is 0 Å². The SMILES string of the molecule is Cc1ccc(CN2CC3CC2CN3Cc2ccccn2)cc1. The number of hydrogen-bond acceptors (Lipinski definition) is 3. The molecule has 22 heavy (non-hydrogen) atoms. The highest BCUT2D eigenvalue weighted by Crippen LogP contribution is 2.32. The van der Waals surface area contributed by atoms with Gasteiger partial charge < -0.3 is 0 Å². The fraction of sp³-hybridized carbons (Fsp3) is 0.421. The van der Waals surface area contributed by atoms with Gasteiger partial charge in [0.05, 0.1) is 5.69 Å². The molecule has 2 saturated heterocycles. The van der Waals surface area contributed by atoms with Crippen LogP contribution in [0.15, 0.2) is 48.7 Å². The van der Waals surface area contributed by atoms with Crippen molar-refractivity contribution in [3.8, 4) is 0 Å². The molecule has 0 aliphatic carbocycles. The van der Waals surface area contributed by atoms with Crippen LogP contribution in [0.2, 0.25) is 0 Å². The molecule has 3 heterocycles. The van der Waals surface area contributed by atoms with Crippen molar-refractivity contribution >= 4 is 0 Å². The predicted octanol–water partition coefficient (Wildman–Crippen LogP) is 2.85. The minimum atomic E-state index is 0.706. The van der Waals surface area contributed by atoms with Gasteiger partial charge in [-0.2, -0.15) is 0 Å². The molecule has 2 aliphatic heterocycles. The predicted molar refractivity (Wildman–Crippen MR) is 88.4 cm³/mol. The van der Waals surface area contributed by atoms with E-state index in [1.165, 1.54) is 36.3 Å². The molecule has 2 bridgehead atoms. The van der Waals surface area contributed by atoms with E-state index in [1.54, 1.807) is 0 Å². The quantitative estimate of drug-likeness (QED) is 0.864. The summed E-state index contributed by atoms with van der Waals surface area (Å²) >= 11 is 0. The summed E-state index contributed by atoms with van der Waals surface area (Å²) in [6.45, 7) is 6.63. The summed E-state index contributed by atoms with van der Waals surface area (Å²) in [5.41, 5.74) is 3.97. The third-order valence-electron chi connectivity index (χ3n) is 5.06. The van der Waals surface area contributed by atoms with E-state index in [9.17, 15) is 0 Å². The second kappa shape index (κ2) is 5.82. The monoisotopic (exact) mass is 293 g/mol. The first kappa shape index (κ1) is 13.9. The fourth-order valence-corrected chi connectivity index (χ4v) is 3.85. The molecule has 3 nitrogen and oxygen atoms in total. The van der Waals surface area contributed by atoms with Gasteiger partial charge in [-0.05, 0) is 31.0 Å². The van der Waals surface area contributed by atoms with Gasteiger partial charge in [0.25, 0.3) is 0 Å². The van der Waals surface area contributed by atoms with Crippen molar-refractivity contribution in [2.24, 2.45) is 0 Å². The van der Waals surface area contributed by atoms with Crippen molar-refractivity contribution in [1.29, 1.82) is 0 Å². The number of aromatic nitrogens is 1. The summed E-state index contributed by atoms with van der Waals surface area (Å²) in [6.07, 6.45) is 3.21. The van der Waals surface area contributed by atoms with E-state index in [4.69, 9.17) is 0 Å². The fourth-order valence-electron chi connectivity index (χ4n) is 3.85. The number of aryl methyl sites for hydroxylation is 1. The molecular weight excluding hydrogens is 270 g/mol. The summed E-state index contributed by atoms with van der Waals surface area (Å²) in [7, 11) is 0. The minimum Gasteiger partial charge on any atom is -0.293 e. The average Bonchev–Trinajstić information content (AvgIpc) is 3.10. The highest BCUT2D eigenvalue weighted by atomic mass is 15.3. The molecule has 0 radical (unpaired) electrons. The third-order valence-corrected chi connectivity index (χ3v) is 5.06. The second-order valence-electron chi connectivity index (χ2n) is 6.71. The molecule has 1 aromatic heterocycles. The highest BCUT2D eigenvalue weighted by molar-refractivity contribution is 5.21. The van der Waals surface area contributed by atoms with E-state index in [0.29, 0.717) is 6.04 Å². The Labute approximate surface area is 132 Å². The van der Waals surface area contributed by atoms with E-state index >= 15 is 0 Å². The molecule has 0 spiro atoms. The molecule has 0 saturated carbocycles. The molecule has 2 aliphatic rings. The first-order valence-electron chi connectivity index (χ1n) is 8.21. The standard InChI is InChI=1S/C19H23N3/c1-15-5-7-16(8-6-15)11-21-13-19-10-18(21)14-22(19)12-17-4-2-3-9-20-17/h2-9,18-19H,10-14H2,1H3. The molecule has 2 atom stereocenters. The number of fused-ring (bicyclic) bond motifs is 2. The van der Waals surface area contributed by atoms with Gasteiger partial charge in [0, 0.05) is 44.5 Å². The van der Waals surface area contributed by atoms with E-state index in [2.05, 4.69) is 58.1 Å². The molecule has 1 aromatic carbocycles. The van der Waals surface area contributed by atoms with Gasteiger partial charge >= 0.3 is 0 Å². The molecule has 2 fully saturated rings. The first-order valence-corrected chi connectivity index (χ1v) is 8.21. The highest BCUT2D eigenvalue weighted by Gasteiger charge is 2.42. The maximum atomic E-state index is 4.47. The largest absolute Gasteiger partial charge is 0.293 e. The lowest BCUT2D eigenvalue weighted by Crippen LogP contribution is -2.45. The maximum Gasteiger partial charge on any atom is 0.0544 e. The summed E-state index contributed by atoms with van der Waals surface area (Å²) < 4.78 is 0. The van der Waals surface area contributed by atoms with Crippen molar-refractivity contribution < 1.29 is 0 Å². The second-order valence-corrected chi connectivity index (χ2v) is 6.71. The molecule has 3 heteroatoms. The zero-order valence-corrected chi connectivity index (χ0v) is 13.2. The van der Waals surface area contributed by atoms with Crippen LogP contribution in [0.5, 0.6) is 0 Å². The van der Waals surface area contributed by atoms with Crippen LogP contribution in [0.4, 0.5) is 0 Å². The van der Waals surface area contributed by atoms with Gasteiger partial charge in [0.15, 0.2) is 0 Å². The Hall–Kier alpha value is -1.71. The lowest BCUT2D eigenvalue weighted by atomic mass is 10.1. The molecule has 2 unspecified atom stereocenters. The average molecular weight is 293 g/mol. The van der Waals surface area contributed by atoms with Crippen molar-refractivity contribution in [1.82, 2.24) is 14.8 Å². The van der Waals surface area contributed by atoms with E-state index in [-0.39, 0.29) is 0 Å². The third kappa shape index (κ3) is 2.79. The van der Waals surface area contributed by atoms with Gasteiger partial charge in [-0.25, -0.2) is 0 Å². The molecular formula is C19H23N3. The number of hydrogen-bond donors (Lipinski definition) is 0. The minimum absolute atomic E-state index is 0.706. The Morgan fingerprint density at radius 2 is 1.68 bits per heavy atom. The van der Waals surface area contributed by atoms with E-state index in [1.807, 2.05) is 12.3 Å². The summed E-state index contributed by atoms with van der Waals surface area (Å²) in [5.74, 6) is 0. The van der Waals surface area contributed by atoms with Crippen LogP contribution in [-0.4, -0.2) is 40.0 Å². The lowest BCUT2D eigenvalue weighted by Gasteiger charge is -2.34. The number of pyridine rings is 1. The Balaban J connectivity index is 1.36. The molecule has 4 rings (SSSR count). The topological polar surface area (TPSA) is 19.4 Å². The van der Waals surface area contributed by atoms with Crippen molar-refractivity contribution in [3.63, 3.8) is 0 Å². The van der Waals surface area contributed by atoms with E-state index in [0.717, 1.165) is 19.1 Å². The molecule has 2 aromatic rings. The first-order chi connectivity index (χ1) is 10.8. The zero-order valence-electron chi connectivity index (χ0n) is 13.2. The van der Waals surface area contributed by atoms with Crippen LogP contribution in [0.25, 0.3) is 0 Å². The normalized spacial score (nSPS) is 25.0. The maximum absolute atomic E-state index is 4.47. The number of rotatable bonds is 4. The van der Waals surface area contributed by atoms with Crippen LogP contribution < -0.4 is 0 Å². The summed E-state index contributed by atoms with van der Waals surface area (Å²) in [5, 5.41) is 0.